The predicted octanol–water partition coefficient (Wildman–Crippen LogP) is 1.47. The Morgan fingerprint density at radius 2 is 2.05 bits per heavy atom. The molecule has 0 fully saturated rings. The Kier molecular flexibility index (Phi) is 3.80. The summed E-state index contributed by atoms with van der Waals surface area (Å²) in [5, 5.41) is 19.0. The summed E-state index contributed by atoms with van der Waals surface area (Å²) in [6, 6.07) is 0. The van der Waals surface area contributed by atoms with E-state index in [0.29, 0.717) is 18.1 Å². The van der Waals surface area contributed by atoms with Crippen molar-refractivity contribution in [3.8, 4) is 17.4 Å². The number of hydrogen-bond donors (Lipinski definition) is 2. The van der Waals surface area contributed by atoms with Crippen LogP contribution in [-0.4, -0.2) is 36.3 Å². The summed E-state index contributed by atoms with van der Waals surface area (Å²) in [6.45, 7) is 6.26. The molecule has 19 heavy (non-hydrogen) atoms. The molecule has 2 rings (SSSR count). The number of aromatic hydroxyl groups is 1. The van der Waals surface area contributed by atoms with Crippen LogP contribution in [-0.2, 0) is 6.54 Å². The molecule has 0 bridgehead atoms. The van der Waals surface area contributed by atoms with Gasteiger partial charge in [-0.15, -0.1) is 0 Å². The van der Waals surface area contributed by atoms with Gasteiger partial charge in [-0.3, -0.25) is 0 Å². The number of imidazole rings is 1. The van der Waals surface area contributed by atoms with Crippen LogP contribution in [0.5, 0.6) is 5.88 Å². The van der Waals surface area contributed by atoms with Gasteiger partial charge in [0.2, 0.25) is 5.88 Å². The summed E-state index contributed by atoms with van der Waals surface area (Å²) >= 11 is 0. The van der Waals surface area contributed by atoms with E-state index in [4.69, 9.17) is 5.11 Å². The first kappa shape index (κ1) is 13.5. The number of nitrogens with zero attached hydrogens (tertiary/aromatic N) is 4. The summed E-state index contributed by atoms with van der Waals surface area (Å²) in [4.78, 5) is 12.6. The van der Waals surface area contributed by atoms with E-state index < -0.39 is 0 Å². The quantitative estimate of drug-likeness (QED) is 0.871. The summed E-state index contributed by atoms with van der Waals surface area (Å²) in [5.74, 6) is 0.594. The Hall–Kier alpha value is -1.95. The van der Waals surface area contributed by atoms with Crippen molar-refractivity contribution < 1.29 is 10.2 Å². The molecule has 2 heterocycles. The fraction of sp³-hybridized carbons (Fsp3) is 0.462. The van der Waals surface area contributed by atoms with Gasteiger partial charge < -0.3 is 14.8 Å². The van der Waals surface area contributed by atoms with Gasteiger partial charge in [-0.2, -0.15) is 4.98 Å². The van der Waals surface area contributed by atoms with Crippen molar-refractivity contribution >= 4 is 0 Å². The molecular formula is C13H18N4O2. The first-order valence-corrected chi connectivity index (χ1v) is 6.23. The van der Waals surface area contributed by atoms with Crippen LogP contribution in [0.3, 0.4) is 0 Å². The second-order valence-electron chi connectivity index (χ2n) is 4.72. The average Bonchev–Trinajstić information content (AvgIpc) is 2.76. The van der Waals surface area contributed by atoms with Crippen molar-refractivity contribution in [1.29, 1.82) is 0 Å². The van der Waals surface area contributed by atoms with Crippen molar-refractivity contribution in [3.63, 3.8) is 0 Å². The Balaban J connectivity index is 2.49. The molecule has 0 saturated carbocycles. The van der Waals surface area contributed by atoms with Gasteiger partial charge in [-0.1, -0.05) is 13.8 Å². The number of aryl methyl sites for hydroxylation is 1. The maximum absolute atomic E-state index is 10.0. The van der Waals surface area contributed by atoms with Crippen LogP contribution in [0.4, 0.5) is 0 Å². The third kappa shape index (κ3) is 2.58. The molecule has 0 aliphatic heterocycles. The van der Waals surface area contributed by atoms with E-state index in [9.17, 15) is 5.11 Å². The van der Waals surface area contributed by atoms with Gasteiger partial charge in [-0.05, 0) is 12.8 Å². The van der Waals surface area contributed by atoms with Crippen molar-refractivity contribution in [1.82, 2.24) is 19.5 Å². The Bertz CT molecular complexity index is 555. The Morgan fingerprint density at radius 3 is 2.63 bits per heavy atom. The number of rotatable bonds is 4. The van der Waals surface area contributed by atoms with E-state index in [1.165, 1.54) is 0 Å². The molecule has 6 heteroatoms. The average molecular weight is 262 g/mol. The fourth-order valence-electron chi connectivity index (χ4n) is 2.15. The van der Waals surface area contributed by atoms with Crippen LogP contribution < -0.4 is 0 Å². The lowest BCUT2D eigenvalue weighted by Crippen LogP contribution is -2.06. The highest BCUT2D eigenvalue weighted by atomic mass is 16.3. The van der Waals surface area contributed by atoms with E-state index in [2.05, 4.69) is 15.0 Å². The molecule has 2 aromatic rings. The van der Waals surface area contributed by atoms with Gasteiger partial charge in [0.25, 0.3) is 0 Å². The second-order valence-corrected chi connectivity index (χ2v) is 4.72. The van der Waals surface area contributed by atoms with Crippen LogP contribution >= 0.6 is 0 Å². The van der Waals surface area contributed by atoms with Crippen molar-refractivity contribution in [2.45, 2.75) is 33.2 Å². The van der Waals surface area contributed by atoms with E-state index in [0.717, 1.165) is 11.3 Å². The van der Waals surface area contributed by atoms with Crippen LogP contribution in [0, 0.1) is 6.92 Å². The largest absolute Gasteiger partial charge is 0.493 e. The zero-order chi connectivity index (χ0) is 14.0. The van der Waals surface area contributed by atoms with Gasteiger partial charge in [-0.25, -0.2) is 9.97 Å². The number of aromatic nitrogens is 4. The topological polar surface area (TPSA) is 84.1 Å². The van der Waals surface area contributed by atoms with Gasteiger partial charge >= 0.3 is 0 Å². The van der Waals surface area contributed by atoms with Crippen molar-refractivity contribution in [3.05, 3.63) is 23.8 Å². The SMILES string of the molecule is Cc1nc(-c2cncn2CCO)nc(O)c1C(C)C. The summed E-state index contributed by atoms with van der Waals surface area (Å²) in [7, 11) is 0. The van der Waals surface area contributed by atoms with E-state index >= 15 is 0 Å². The summed E-state index contributed by atoms with van der Waals surface area (Å²) in [5.41, 5.74) is 2.20. The zero-order valence-electron chi connectivity index (χ0n) is 11.3. The highest BCUT2D eigenvalue weighted by Gasteiger charge is 2.16. The van der Waals surface area contributed by atoms with Crippen LogP contribution in [0.15, 0.2) is 12.5 Å². The maximum Gasteiger partial charge on any atom is 0.218 e. The molecule has 0 aromatic carbocycles. The van der Waals surface area contributed by atoms with Crippen LogP contribution in [0.25, 0.3) is 11.5 Å². The van der Waals surface area contributed by atoms with Crippen LogP contribution in [0.2, 0.25) is 0 Å². The van der Waals surface area contributed by atoms with Gasteiger partial charge in [0.15, 0.2) is 5.82 Å². The van der Waals surface area contributed by atoms with E-state index in [1.54, 1.807) is 17.1 Å². The molecule has 2 N–H and O–H groups in total. The third-order valence-corrected chi connectivity index (χ3v) is 2.98. The third-order valence-electron chi connectivity index (χ3n) is 2.98. The smallest absolute Gasteiger partial charge is 0.218 e. The highest BCUT2D eigenvalue weighted by Crippen LogP contribution is 2.28. The highest BCUT2D eigenvalue weighted by molar-refractivity contribution is 5.51. The molecule has 0 aliphatic carbocycles. The standard InChI is InChI=1S/C13H18N4O2/c1-8(2)11-9(3)15-12(16-13(11)19)10-6-14-7-17(10)4-5-18/h6-8,18H,4-5H2,1-3H3,(H,15,16,19). The molecule has 102 valence electrons. The molecule has 2 aromatic heterocycles. The molecule has 0 aliphatic rings. The molecule has 0 saturated heterocycles. The minimum absolute atomic E-state index is 0.00856. The van der Waals surface area contributed by atoms with Gasteiger partial charge in [0.1, 0.15) is 5.69 Å². The normalized spacial score (nSPS) is 11.2. The Labute approximate surface area is 111 Å². The first-order chi connectivity index (χ1) is 9.04. The van der Waals surface area contributed by atoms with Gasteiger partial charge in [0.05, 0.1) is 19.1 Å². The number of aliphatic hydroxyl groups is 1. The molecule has 0 radical (unpaired) electrons. The summed E-state index contributed by atoms with van der Waals surface area (Å²) in [6.07, 6.45) is 3.23. The Morgan fingerprint density at radius 1 is 1.32 bits per heavy atom. The fourth-order valence-corrected chi connectivity index (χ4v) is 2.15. The van der Waals surface area contributed by atoms with Gasteiger partial charge in [0, 0.05) is 17.8 Å². The maximum atomic E-state index is 10.0. The van der Waals surface area contributed by atoms with E-state index in [1.807, 2.05) is 20.8 Å². The number of hydrogen-bond acceptors (Lipinski definition) is 5. The van der Waals surface area contributed by atoms with E-state index in [-0.39, 0.29) is 18.4 Å². The number of aliphatic hydroxyl groups excluding tert-OH is 1. The van der Waals surface area contributed by atoms with Crippen LogP contribution in [0.1, 0.15) is 31.0 Å². The summed E-state index contributed by atoms with van der Waals surface area (Å²) < 4.78 is 1.75. The molecular weight excluding hydrogens is 244 g/mol. The lowest BCUT2D eigenvalue weighted by atomic mass is 10.0. The zero-order valence-corrected chi connectivity index (χ0v) is 11.3. The predicted molar refractivity (Wildman–Crippen MR) is 70.8 cm³/mol. The van der Waals surface area contributed by atoms with Crippen molar-refractivity contribution in [2.24, 2.45) is 0 Å². The molecule has 6 nitrogen and oxygen atoms in total. The monoisotopic (exact) mass is 262 g/mol. The second kappa shape index (κ2) is 5.36. The molecule has 0 spiro atoms. The molecule has 0 amide bonds. The lowest BCUT2D eigenvalue weighted by molar-refractivity contribution is 0.276. The molecule has 0 unspecified atom stereocenters. The first-order valence-electron chi connectivity index (χ1n) is 6.23. The minimum Gasteiger partial charge on any atom is -0.493 e. The molecule has 0 atom stereocenters. The van der Waals surface area contributed by atoms with Crippen molar-refractivity contribution in [2.75, 3.05) is 6.61 Å². The minimum atomic E-state index is 0.00856. The lowest BCUT2D eigenvalue weighted by Gasteiger charge is -2.12.